The van der Waals surface area contributed by atoms with Crippen LogP contribution >= 0.6 is 0 Å². The van der Waals surface area contributed by atoms with Gasteiger partial charge in [-0.2, -0.15) is 5.10 Å². The Morgan fingerprint density at radius 1 is 1.27 bits per heavy atom. The minimum atomic E-state index is -0.739. The molecule has 0 aliphatic carbocycles. The zero-order valence-corrected chi connectivity index (χ0v) is 14.5. The number of ether oxygens (including phenoxy) is 2. The highest BCUT2D eigenvalue weighted by molar-refractivity contribution is 5.85. The van der Waals surface area contributed by atoms with Gasteiger partial charge in [-0.05, 0) is 29.8 Å². The van der Waals surface area contributed by atoms with Gasteiger partial charge in [-0.1, -0.05) is 24.3 Å². The Balaban J connectivity index is 1.53. The fourth-order valence-electron chi connectivity index (χ4n) is 2.49. The van der Waals surface area contributed by atoms with Crippen LogP contribution in [-0.2, 0) is 4.79 Å². The van der Waals surface area contributed by atoms with Crippen LogP contribution in [0, 0.1) is 0 Å². The first-order valence-electron chi connectivity index (χ1n) is 8.31. The highest BCUT2D eigenvalue weighted by Gasteiger charge is 2.26. The van der Waals surface area contributed by atoms with Gasteiger partial charge >= 0.3 is 0 Å². The molecule has 0 saturated heterocycles. The first-order valence-corrected chi connectivity index (χ1v) is 8.31. The monoisotopic (exact) mass is 355 g/mol. The Kier molecular flexibility index (Phi) is 5.70. The number of fused-ring (bicyclic) bond motifs is 1. The molecule has 7 nitrogen and oxygen atoms in total. The van der Waals surface area contributed by atoms with Crippen LogP contribution in [0.5, 0.6) is 11.5 Å². The predicted octanol–water partition coefficient (Wildman–Crippen LogP) is 1.41. The second-order valence-corrected chi connectivity index (χ2v) is 5.84. The molecule has 0 bridgehead atoms. The molecule has 2 aromatic carbocycles. The number of aliphatic hydroxyl groups excluding tert-OH is 1. The van der Waals surface area contributed by atoms with E-state index in [0.29, 0.717) is 18.0 Å². The first-order chi connectivity index (χ1) is 12.7. The fourth-order valence-corrected chi connectivity index (χ4v) is 2.49. The molecule has 7 heteroatoms. The van der Waals surface area contributed by atoms with Gasteiger partial charge in [0.1, 0.15) is 6.61 Å². The zero-order chi connectivity index (χ0) is 18.4. The summed E-state index contributed by atoms with van der Waals surface area (Å²) in [6.07, 6.45) is 0.822. The van der Waals surface area contributed by atoms with Crippen LogP contribution in [0.15, 0.2) is 53.6 Å². The van der Waals surface area contributed by atoms with Crippen molar-refractivity contribution < 1.29 is 19.4 Å². The lowest BCUT2D eigenvalue weighted by molar-refractivity contribution is -0.130. The SMILES string of the molecule is CN(CCO)c1ccc(/C=N/NC(=O)C2COc3ccccc3O2)cc1. The van der Waals surface area contributed by atoms with Crippen LogP contribution in [0.4, 0.5) is 5.69 Å². The average Bonchev–Trinajstić information content (AvgIpc) is 2.68. The van der Waals surface area contributed by atoms with Crippen molar-refractivity contribution in [1.82, 2.24) is 5.43 Å². The minimum Gasteiger partial charge on any atom is -0.485 e. The average molecular weight is 355 g/mol. The number of nitrogens with zero attached hydrogens (tertiary/aromatic N) is 2. The lowest BCUT2D eigenvalue weighted by Gasteiger charge is -2.24. The van der Waals surface area contributed by atoms with Gasteiger partial charge in [-0.15, -0.1) is 0 Å². The highest BCUT2D eigenvalue weighted by atomic mass is 16.6. The maximum absolute atomic E-state index is 12.2. The third-order valence-electron chi connectivity index (χ3n) is 3.96. The van der Waals surface area contributed by atoms with Gasteiger partial charge in [0.25, 0.3) is 5.91 Å². The Labute approximate surface area is 151 Å². The van der Waals surface area contributed by atoms with Crippen molar-refractivity contribution >= 4 is 17.8 Å². The standard InChI is InChI=1S/C19H21N3O4/c1-22(10-11-23)15-8-6-14(7-9-15)12-20-21-19(24)18-13-25-16-4-2-3-5-17(16)26-18/h2-9,12,18,23H,10-11,13H2,1H3,(H,21,24)/b20-12+. The molecule has 0 fully saturated rings. The summed E-state index contributed by atoms with van der Waals surface area (Å²) < 4.78 is 11.1. The Hall–Kier alpha value is -3.06. The molecule has 26 heavy (non-hydrogen) atoms. The number of benzene rings is 2. The molecule has 136 valence electrons. The summed E-state index contributed by atoms with van der Waals surface area (Å²) in [5, 5.41) is 12.9. The number of hydrogen-bond acceptors (Lipinski definition) is 6. The minimum absolute atomic E-state index is 0.100. The number of nitrogens with one attached hydrogen (secondary N) is 1. The number of hydrazone groups is 1. The van der Waals surface area contributed by atoms with Crippen LogP contribution in [0.3, 0.4) is 0 Å². The van der Waals surface area contributed by atoms with Crippen LogP contribution in [0.1, 0.15) is 5.56 Å². The Morgan fingerprint density at radius 3 is 2.73 bits per heavy atom. The van der Waals surface area contributed by atoms with Crippen LogP contribution in [0.25, 0.3) is 0 Å². The van der Waals surface area contributed by atoms with Crippen molar-refractivity contribution in [3.8, 4) is 11.5 Å². The van der Waals surface area contributed by atoms with E-state index in [2.05, 4.69) is 10.5 Å². The number of anilines is 1. The highest BCUT2D eigenvalue weighted by Crippen LogP contribution is 2.30. The molecule has 0 spiro atoms. The van der Waals surface area contributed by atoms with Crippen molar-refractivity contribution in [3.63, 3.8) is 0 Å². The van der Waals surface area contributed by atoms with Gasteiger partial charge in [-0.3, -0.25) is 4.79 Å². The van der Waals surface area contributed by atoms with E-state index in [9.17, 15) is 4.79 Å². The molecule has 1 aliphatic heterocycles. The molecule has 1 amide bonds. The quantitative estimate of drug-likeness (QED) is 0.605. The third kappa shape index (κ3) is 4.31. The van der Waals surface area contributed by atoms with Gasteiger partial charge in [0.05, 0.1) is 12.8 Å². The number of amides is 1. The van der Waals surface area contributed by atoms with E-state index >= 15 is 0 Å². The van der Waals surface area contributed by atoms with Crippen LogP contribution in [0.2, 0.25) is 0 Å². The van der Waals surface area contributed by atoms with E-state index in [1.807, 2.05) is 48.3 Å². The molecular weight excluding hydrogens is 334 g/mol. The van der Waals surface area contributed by atoms with E-state index in [1.165, 1.54) is 0 Å². The molecular formula is C19H21N3O4. The largest absolute Gasteiger partial charge is 0.485 e. The fraction of sp³-hybridized carbons (Fsp3) is 0.263. The normalized spacial score (nSPS) is 15.7. The van der Waals surface area contributed by atoms with Crippen molar-refractivity contribution in [1.29, 1.82) is 0 Å². The zero-order valence-electron chi connectivity index (χ0n) is 14.5. The summed E-state index contributed by atoms with van der Waals surface area (Å²) in [7, 11) is 1.91. The summed E-state index contributed by atoms with van der Waals surface area (Å²) in [4.78, 5) is 14.1. The summed E-state index contributed by atoms with van der Waals surface area (Å²) in [5.41, 5.74) is 4.31. The second kappa shape index (κ2) is 8.35. The van der Waals surface area contributed by atoms with Crippen molar-refractivity contribution in [2.45, 2.75) is 6.10 Å². The molecule has 0 aromatic heterocycles. The smallest absolute Gasteiger partial charge is 0.284 e. The number of carbonyl (C=O) groups excluding carboxylic acids is 1. The second-order valence-electron chi connectivity index (χ2n) is 5.84. The molecule has 2 aromatic rings. The lowest BCUT2D eigenvalue weighted by atomic mass is 10.2. The molecule has 1 heterocycles. The maximum atomic E-state index is 12.2. The van der Waals surface area contributed by atoms with Crippen molar-refractivity contribution in [3.05, 3.63) is 54.1 Å². The van der Waals surface area contributed by atoms with Gasteiger partial charge < -0.3 is 19.5 Å². The number of carbonyl (C=O) groups is 1. The topological polar surface area (TPSA) is 83.4 Å². The van der Waals surface area contributed by atoms with Crippen LogP contribution in [-0.4, -0.2) is 50.1 Å². The van der Waals surface area contributed by atoms with E-state index in [1.54, 1.807) is 18.3 Å². The number of rotatable bonds is 6. The van der Waals surface area contributed by atoms with E-state index < -0.39 is 6.10 Å². The number of likely N-dealkylation sites (N-methyl/N-ethyl adjacent to an activating group) is 1. The summed E-state index contributed by atoms with van der Waals surface area (Å²) in [6, 6.07) is 14.8. The predicted molar refractivity (Wildman–Crippen MR) is 98.9 cm³/mol. The Morgan fingerprint density at radius 2 is 2.00 bits per heavy atom. The molecule has 1 atom stereocenters. The lowest BCUT2D eigenvalue weighted by Crippen LogP contribution is -2.42. The van der Waals surface area contributed by atoms with E-state index in [4.69, 9.17) is 14.6 Å². The first kappa shape index (κ1) is 17.8. The molecule has 0 saturated carbocycles. The molecule has 3 rings (SSSR count). The van der Waals surface area contributed by atoms with E-state index in [0.717, 1.165) is 11.3 Å². The number of aliphatic hydroxyl groups is 1. The number of hydrogen-bond donors (Lipinski definition) is 2. The number of para-hydroxylation sites is 2. The summed E-state index contributed by atoms with van der Waals surface area (Å²) >= 11 is 0. The van der Waals surface area contributed by atoms with Gasteiger partial charge in [0.2, 0.25) is 6.10 Å². The van der Waals surface area contributed by atoms with Gasteiger partial charge in [0.15, 0.2) is 11.5 Å². The summed E-state index contributed by atoms with van der Waals surface area (Å²) in [6.45, 7) is 0.809. The van der Waals surface area contributed by atoms with Crippen molar-refractivity contribution in [2.75, 3.05) is 31.7 Å². The molecule has 1 aliphatic rings. The maximum Gasteiger partial charge on any atom is 0.284 e. The van der Waals surface area contributed by atoms with Gasteiger partial charge in [0, 0.05) is 19.3 Å². The van der Waals surface area contributed by atoms with Crippen LogP contribution < -0.4 is 19.8 Å². The molecule has 1 unspecified atom stereocenters. The third-order valence-corrected chi connectivity index (χ3v) is 3.96. The molecule has 0 radical (unpaired) electrons. The molecule has 2 N–H and O–H groups in total. The van der Waals surface area contributed by atoms with E-state index in [-0.39, 0.29) is 19.1 Å². The summed E-state index contributed by atoms with van der Waals surface area (Å²) in [5.74, 6) is 0.812. The van der Waals surface area contributed by atoms with Gasteiger partial charge in [-0.25, -0.2) is 5.43 Å². The van der Waals surface area contributed by atoms with Crippen molar-refractivity contribution in [2.24, 2.45) is 5.10 Å². The Bertz CT molecular complexity index is 777.